The van der Waals surface area contributed by atoms with E-state index in [1.54, 1.807) is 60.7 Å². The Morgan fingerprint density at radius 2 is 1.26 bits per heavy atom. The average molecular weight is 792 g/mol. The number of benzene rings is 2. The van der Waals surface area contributed by atoms with Crippen LogP contribution in [0.1, 0.15) is 56.6 Å². The summed E-state index contributed by atoms with van der Waals surface area (Å²) < 4.78 is 0. The Morgan fingerprint density at radius 1 is 0.702 bits per heavy atom. The summed E-state index contributed by atoms with van der Waals surface area (Å²) in [6, 6.07) is 9.55. The van der Waals surface area contributed by atoms with Gasteiger partial charge in [0.05, 0.1) is 18.8 Å². The lowest BCUT2D eigenvalue weighted by atomic mass is 10.0. The van der Waals surface area contributed by atoms with Crippen molar-refractivity contribution in [2.75, 3.05) is 26.2 Å². The van der Waals surface area contributed by atoms with Crippen molar-refractivity contribution in [2.24, 2.45) is 0 Å². The third kappa shape index (κ3) is 11.1. The quantitative estimate of drug-likeness (QED) is 0.0927. The van der Waals surface area contributed by atoms with Gasteiger partial charge in [0.25, 0.3) is 0 Å². The lowest BCUT2D eigenvalue weighted by Gasteiger charge is -2.34. The highest BCUT2D eigenvalue weighted by molar-refractivity contribution is 5.97. The number of aliphatic hydroxyl groups is 2. The number of aliphatic hydroxyl groups excluding tert-OH is 2. The molecule has 3 aliphatic heterocycles. The number of hydrogen-bond donors (Lipinski definition) is 8. The predicted octanol–water partition coefficient (Wildman–Crippen LogP) is -1.40. The third-order valence-corrected chi connectivity index (χ3v) is 10.7. The molecule has 5 rings (SSSR count). The van der Waals surface area contributed by atoms with Gasteiger partial charge in [-0.1, -0.05) is 60.7 Å². The zero-order valence-corrected chi connectivity index (χ0v) is 32.0. The van der Waals surface area contributed by atoms with Crippen LogP contribution in [0.25, 0.3) is 0 Å². The Kier molecular flexibility index (Phi) is 15.1. The molecule has 3 heterocycles. The highest BCUT2D eigenvalue weighted by Crippen LogP contribution is 2.26. The number of carbonyl (C=O) groups is 7. The van der Waals surface area contributed by atoms with Gasteiger partial charge in [0.1, 0.15) is 36.3 Å². The molecule has 0 aliphatic carbocycles. The Morgan fingerprint density at radius 3 is 1.82 bits per heavy atom. The van der Waals surface area contributed by atoms with Gasteiger partial charge in [-0.2, -0.15) is 0 Å². The Bertz CT molecular complexity index is 1740. The highest BCUT2D eigenvalue weighted by Gasteiger charge is 2.45. The molecule has 308 valence electrons. The van der Waals surface area contributed by atoms with Gasteiger partial charge >= 0.3 is 5.97 Å². The number of nitrogens with one attached hydrogen (secondary N) is 5. The maximum atomic E-state index is 14.1. The molecule has 0 radical (unpaired) electrons. The largest absolute Gasteiger partial charge is 0.480 e. The second kappa shape index (κ2) is 20.2. The molecule has 17 heteroatoms. The van der Waals surface area contributed by atoms with Crippen molar-refractivity contribution >= 4 is 41.4 Å². The van der Waals surface area contributed by atoms with E-state index in [4.69, 9.17) is 0 Å². The number of amides is 6. The van der Waals surface area contributed by atoms with Gasteiger partial charge in [0.2, 0.25) is 35.4 Å². The fraction of sp³-hybridized carbons (Fsp3) is 0.525. The normalized spacial score (nSPS) is 21.8. The van der Waals surface area contributed by atoms with Crippen molar-refractivity contribution in [3.63, 3.8) is 0 Å². The van der Waals surface area contributed by atoms with Crippen LogP contribution in [0.15, 0.2) is 60.7 Å². The molecule has 8 N–H and O–H groups in total. The fourth-order valence-corrected chi connectivity index (χ4v) is 7.63. The number of aliphatic carboxylic acids is 1. The molecule has 0 saturated carbocycles. The molecule has 0 unspecified atom stereocenters. The molecule has 0 bridgehead atoms. The van der Waals surface area contributed by atoms with E-state index < -0.39 is 96.4 Å². The number of hydrogen-bond acceptors (Lipinski definition) is 10. The van der Waals surface area contributed by atoms with Gasteiger partial charge in [-0.05, 0) is 63.1 Å². The summed E-state index contributed by atoms with van der Waals surface area (Å²) in [5.74, 6) is -5.16. The second-order valence-electron chi connectivity index (χ2n) is 14.8. The van der Waals surface area contributed by atoms with Gasteiger partial charge in [-0.15, -0.1) is 0 Å². The van der Waals surface area contributed by atoms with Crippen LogP contribution in [0.3, 0.4) is 0 Å². The zero-order valence-electron chi connectivity index (χ0n) is 32.0. The van der Waals surface area contributed by atoms with Crippen LogP contribution < -0.4 is 26.6 Å². The second-order valence-corrected chi connectivity index (χ2v) is 14.8. The summed E-state index contributed by atoms with van der Waals surface area (Å²) in [7, 11) is 0. The van der Waals surface area contributed by atoms with Gasteiger partial charge in [-0.3, -0.25) is 28.8 Å². The molecular formula is C40H53N7O10. The monoisotopic (exact) mass is 791 g/mol. The van der Waals surface area contributed by atoms with Gasteiger partial charge in [0, 0.05) is 25.9 Å². The highest BCUT2D eigenvalue weighted by atomic mass is 16.4. The summed E-state index contributed by atoms with van der Waals surface area (Å²) in [6.07, 6.45) is 1.68. The summed E-state index contributed by atoms with van der Waals surface area (Å²) in [5, 5.41) is 43.7. The molecular weight excluding hydrogens is 738 g/mol. The van der Waals surface area contributed by atoms with Crippen LogP contribution in [0.5, 0.6) is 0 Å². The third-order valence-electron chi connectivity index (χ3n) is 10.7. The molecule has 3 saturated heterocycles. The van der Waals surface area contributed by atoms with Crippen LogP contribution in [-0.2, 0) is 46.4 Å². The average Bonchev–Trinajstić information content (AvgIpc) is 4.02. The van der Waals surface area contributed by atoms with Crippen LogP contribution in [0.4, 0.5) is 0 Å². The van der Waals surface area contributed by atoms with E-state index >= 15 is 0 Å². The van der Waals surface area contributed by atoms with Gasteiger partial charge in [0.15, 0.2) is 0 Å². The number of nitrogens with zero attached hydrogens (tertiary/aromatic N) is 2. The van der Waals surface area contributed by atoms with Crippen molar-refractivity contribution in [1.82, 2.24) is 36.4 Å². The minimum Gasteiger partial charge on any atom is -0.480 e. The van der Waals surface area contributed by atoms with E-state index in [9.17, 15) is 48.9 Å². The van der Waals surface area contributed by atoms with Crippen molar-refractivity contribution in [3.8, 4) is 0 Å². The summed E-state index contributed by atoms with van der Waals surface area (Å²) in [6.45, 7) is 1.64. The van der Waals surface area contributed by atoms with Crippen LogP contribution >= 0.6 is 0 Å². The summed E-state index contributed by atoms with van der Waals surface area (Å²) in [4.78, 5) is 96.5. The van der Waals surface area contributed by atoms with E-state index in [-0.39, 0.29) is 32.4 Å². The number of rotatable bonds is 17. The smallest absolute Gasteiger partial charge is 0.326 e. The lowest BCUT2D eigenvalue weighted by molar-refractivity contribution is -0.149. The minimum atomic E-state index is -1.55. The Labute approximate surface area is 330 Å². The maximum absolute atomic E-state index is 14.1. The van der Waals surface area contributed by atoms with Crippen molar-refractivity contribution in [1.29, 1.82) is 0 Å². The van der Waals surface area contributed by atoms with E-state index in [0.29, 0.717) is 43.4 Å². The van der Waals surface area contributed by atoms with E-state index in [2.05, 4.69) is 26.6 Å². The number of carboxylic acid groups (broad SMARTS) is 1. The van der Waals surface area contributed by atoms with Crippen molar-refractivity contribution < 1.29 is 48.9 Å². The van der Waals surface area contributed by atoms with Crippen LogP contribution in [0.2, 0.25) is 0 Å². The standard InChI is InChI=1S/C40H53N7O10/c1-24(49)33(45-34(50)27-15-8-18-41-27)39(55)47-20-10-17-32(47)38(54)46-19-9-16-31(46)37(53)42-28(21-25-11-4-2-5-12-25)35(51)44-30(23-48)36(52)43-29(40(56)57)22-26-13-6-3-7-14-26/h2-7,11-14,24,27-33,41,48-49H,8-10,15-23H2,1H3,(H,42,53)(H,43,52)(H,44,51)(H,45,50)(H,56,57)/t24-,27+,28+,29+,30+,31+,32+,33+/m1/s1. The molecule has 3 aliphatic rings. The number of carboxylic acids is 1. The first-order chi connectivity index (χ1) is 27.4. The summed E-state index contributed by atoms with van der Waals surface area (Å²) >= 11 is 0. The summed E-state index contributed by atoms with van der Waals surface area (Å²) in [5.41, 5.74) is 1.32. The van der Waals surface area contributed by atoms with E-state index in [1.165, 1.54) is 16.7 Å². The topological polar surface area (TPSA) is 247 Å². The van der Waals surface area contributed by atoms with Crippen LogP contribution in [0, 0.1) is 0 Å². The van der Waals surface area contributed by atoms with Crippen LogP contribution in [-0.4, -0.2) is 141 Å². The number of carbonyl (C=O) groups excluding carboxylic acids is 6. The molecule has 0 aromatic heterocycles. The van der Waals surface area contributed by atoms with E-state index in [1.807, 2.05) is 0 Å². The first-order valence-corrected chi connectivity index (χ1v) is 19.5. The van der Waals surface area contributed by atoms with Crippen molar-refractivity contribution in [2.45, 2.75) is 107 Å². The molecule has 57 heavy (non-hydrogen) atoms. The molecule has 6 amide bonds. The maximum Gasteiger partial charge on any atom is 0.326 e. The van der Waals surface area contributed by atoms with Gasteiger partial charge in [-0.25, -0.2) is 4.79 Å². The Hall–Kier alpha value is -5.39. The molecule has 17 nitrogen and oxygen atoms in total. The fourth-order valence-electron chi connectivity index (χ4n) is 7.63. The molecule has 2 aromatic carbocycles. The predicted molar refractivity (Wildman–Crippen MR) is 205 cm³/mol. The molecule has 2 aromatic rings. The van der Waals surface area contributed by atoms with Crippen molar-refractivity contribution in [3.05, 3.63) is 71.8 Å². The lowest BCUT2D eigenvalue weighted by Crippen LogP contribution is -2.61. The Balaban J connectivity index is 1.26. The minimum absolute atomic E-state index is 0.0155. The van der Waals surface area contributed by atoms with E-state index in [0.717, 1.165) is 6.42 Å². The first-order valence-electron chi connectivity index (χ1n) is 19.5. The zero-order chi connectivity index (χ0) is 41.1. The first kappa shape index (κ1) is 42.7. The molecule has 0 spiro atoms. The van der Waals surface area contributed by atoms with Gasteiger partial charge < -0.3 is 51.7 Å². The molecule has 8 atom stereocenters. The number of likely N-dealkylation sites (tertiary alicyclic amines) is 2. The molecule has 3 fully saturated rings. The SMILES string of the molecule is C[C@@H](O)[C@H](NC(=O)[C@@H]1CCCN1)C(=O)N1CCC[C@H]1C(=O)N1CCC[C@H]1C(=O)N[C@@H](Cc1ccccc1)C(=O)N[C@@H](CO)C(=O)N[C@@H](Cc1ccccc1)C(=O)O.